The van der Waals surface area contributed by atoms with E-state index in [0.717, 1.165) is 0 Å². The van der Waals surface area contributed by atoms with Gasteiger partial charge in [0.2, 0.25) is 0 Å². The molecule has 1 aromatic heterocycles. The van der Waals surface area contributed by atoms with Gasteiger partial charge in [0.1, 0.15) is 10.3 Å². The summed E-state index contributed by atoms with van der Waals surface area (Å²) in [4.78, 5) is 3.31. The zero-order valence-electron chi connectivity index (χ0n) is 5.90. The third-order valence-electron chi connectivity index (χ3n) is 1.01. The normalized spacial score (nSPS) is 11.8. The van der Waals surface area contributed by atoms with E-state index in [0.29, 0.717) is 0 Å². The third kappa shape index (κ3) is 3.62. The Morgan fingerprint density at radius 2 is 1.85 bits per heavy atom. The Hall–Kier alpha value is -0.130. The number of hydrogen-bond acceptors (Lipinski definition) is 2. The number of pyridine rings is 1. The molecule has 0 unspecified atom stereocenters. The van der Waals surface area contributed by atoms with Crippen LogP contribution in [0.4, 0.5) is 13.2 Å². The van der Waals surface area contributed by atoms with Gasteiger partial charge in [0, 0.05) is 0 Å². The van der Waals surface area contributed by atoms with Crippen molar-refractivity contribution in [2.45, 2.75) is 10.4 Å². The summed E-state index contributed by atoms with van der Waals surface area (Å²) in [7, 11) is 0. The lowest BCUT2D eigenvalue weighted by molar-refractivity contribution is -0.0328. The molecule has 0 aliphatic carbocycles. The van der Waals surface area contributed by atoms with Crippen LogP contribution >= 0.6 is 35.0 Å². The van der Waals surface area contributed by atoms with Crippen molar-refractivity contribution in [3.63, 3.8) is 0 Å². The first-order valence-electron chi connectivity index (χ1n) is 2.96. The van der Waals surface area contributed by atoms with E-state index in [-0.39, 0.29) is 27.0 Å². The Morgan fingerprint density at radius 1 is 1.23 bits per heavy atom. The van der Waals surface area contributed by atoms with Crippen molar-refractivity contribution in [2.75, 3.05) is 0 Å². The Balaban J connectivity index is 2.90. The molecule has 7 heteroatoms. The summed E-state index contributed by atoms with van der Waals surface area (Å²) in [6.45, 7) is 0. The van der Waals surface area contributed by atoms with Gasteiger partial charge in [-0.2, -0.15) is 13.2 Å². The van der Waals surface area contributed by atoms with Crippen LogP contribution < -0.4 is 0 Å². The van der Waals surface area contributed by atoms with Crippen molar-refractivity contribution < 1.29 is 13.2 Å². The van der Waals surface area contributed by atoms with Crippen LogP contribution in [-0.2, 0) is 0 Å². The second kappa shape index (κ2) is 3.94. The molecule has 1 heterocycles. The third-order valence-corrected chi connectivity index (χ3v) is 2.40. The maximum atomic E-state index is 11.9. The van der Waals surface area contributed by atoms with Crippen molar-refractivity contribution >= 4 is 35.0 Å². The Kier molecular flexibility index (Phi) is 3.32. The SMILES string of the molecule is FC(F)(F)Sc1ccc(Cl)nc1Cl. The molecule has 0 saturated carbocycles. The van der Waals surface area contributed by atoms with Crippen LogP contribution in [0.2, 0.25) is 10.3 Å². The smallest absolute Gasteiger partial charge is 0.223 e. The molecular formula is C6H2Cl2F3NS. The highest BCUT2D eigenvalue weighted by Gasteiger charge is 2.30. The molecule has 0 N–H and O–H groups in total. The number of nitrogens with zero attached hydrogens (tertiary/aromatic N) is 1. The van der Waals surface area contributed by atoms with Gasteiger partial charge in [-0.1, -0.05) is 23.2 Å². The molecule has 0 radical (unpaired) electrons. The van der Waals surface area contributed by atoms with E-state index >= 15 is 0 Å². The highest BCUT2D eigenvalue weighted by molar-refractivity contribution is 8.00. The van der Waals surface area contributed by atoms with Crippen LogP contribution in [0.15, 0.2) is 17.0 Å². The summed E-state index contributed by atoms with van der Waals surface area (Å²) in [6.07, 6.45) is 0. The van der Waals surface area contributed by atoms with E-state index in [2.05, 4.69) is 4.98 Å². The van der Waals surface area contributed by atoms with Crippen LogP contribution in [0.25, 0.3) is 0 Å². The molecule has 0 saturated heterocycles. The van der Waals surface area contributed by atoms with Gasteiger partial charge in [-0.25, -0.2) is 4.98 Å². The fourth-order valence-electron chi connectivity index (χ4n) is 0.600. The summed E-state index contributed by atoms with van der Waals surface area (Å²) in [6, 6.07) is 2.43. The number of rotatable bonds is 1. The maximum Gasteiger partial charge on any atom is 0.446 e. The monoisotopic (exact) mass is 247 g/mol. The van der Waals surface area contributed by atoms with E-state index in [4.69, 9.17) is 23.2 Å². The van der Waals surface area contributed by atoms with Crippen molar-refractivity contribution in [2.24, 2.45) is 0 Å². The summed E-state index contributed by atoms with van der Waals surface area (Å²) in [5.74, 6) is 0. The zero-order chi connectivity index (χ0) is 10.1. The van der Waals surface area contributed by atoms with E-state index in [9.17, 15) is 13.2 Å². The molecule has 1 aromatic rings. The van der Waals surface area contributed by atoms with Gasteiger partial charge in [-0.05, 0) is 23.9 Å². The standard InChI is InChI=1S/C6H2Cl2F3NS/c7-4-2-1-3(5(8)12-4)13-6(9,10)11/h1-2H. The Morgan fingerprint density at radius 3 is 2.31 bits per heavy atom. The largest absolute Gasteiger partial charge is 0.446 e. The average molecular weight is 248 g/mol. The molecule has 0 amide bonds. The topological polar surface area (TPSA) is 12.9 Å². The molecule has 0 aromatic carbocycles. The first-order chi connectivity index (χ1) is 5.88. The second-order valence-electron chi connectivity index (χ2n) is 1.97. The van der Waals surface area contributed by atoms with Gasteiger partial charge in [0.15, 0.2) is 0 Å². The summed E-state index contributed by atoms with van der Waals surface area (Å²) >= 11 is 10.5. The molecule has 0 atom stereocenters. The molecule has 0 fully saturated rings. The minimum Gasteiger partial charge on any atom is -0.223 e. The van der Waals surface area contributed by atoms with Crippen molar-refractivity contribution in [3.05, 3.63) is 22.4 Å². The lowest BCUT2D eigenvalue weighted by Gasteiger charge is -2.06. The van der Waals surface area contributed by atoms with Gasteiger partial charge in [-0.15, -0.1) is 0 Å². The fourth-order valence-corrected chi connectivity index (χ4v) is 1.58. The lowest BCUT2D eigenvalue weighted by Crippen LogP contribution is -1.99. The van der Waals surface area contributed by atoms with Crippen LogP contribution in [0.3, 0.4) is 0 Å². The number of thioether (sulfide) groups is 1. The van der Waals surface area contributed by atoms with Crippen LogP contribution in [0.1, 0.15) is 0 Å². The predicted molar refractivity (Wildman–Crippen MR) is 46.2 cm³/mol. The van der Waals surface area contributed by atoms with Gasteiger partial charge in [-0.3, -0.25) is 0 Å². The van der Waals surface area contributed by atoms with E-state index < -0.39 is 5.51 Å². The minimum absolute atomic E-state index is 0.0662. The second-order valence-corrected chi connectivity index (χ2v) is 3.82. The zero-order valence-corrected chi connectivity index (χ0v) is 8.23. The number of aromatic nitrogens is 1. The lowest BCUT2D eigenvalue weighted by atomic mass is 10.5. The predicted octanol–water partition coefficient (Wildman–Crippen LogP) is 4.00. The highest BCUT2D eigenvalue weighted by atomic mass is 35.5. The van der Waals surface area contributed by atoms with Crippen molar-refractivity contribution in [1.82, 2.24) is 4.98 Å². The van der Waals surface area contributed by atoms with Gasteiger partial charge < -0.3 is 0 Å². The number of halogens is 5. The molecule has 72 valence electrons. The first kappa shape index (κ1) is 10.9. The minimum atomic E-state index is -4.36. The van der Waals surface area contributed by atoms with E-state index in [1.807, 2.05) is 0 Å². The van der Waals surface area contributed by atoms with E-state index in [1.165, 1.54) is 12.1 Å². The fraction of sp³-hybridized carbons (Fsp3) is 0.167. The Bertz CT molecular complexity index is 315. The first-order valence-corrected chi connectivity index (χ1v) is 4.53. The van der Waals surface area contributed by atoms with Crippen LogP contribution in [0, 0.1) is 0 Å². The van der Waals surface area contributed by atoms with E-state index in [1.54, 1.807) is 0 Å². The number of hydrogen-bond donors (Lipinski definition) is 0. The maximum absolute atomic E-state index is 11.9. The molecule has 0 bridgehead atoms. The van der Waals surface area contributed by atoms with Crippen molar-refractivity contribution in [1.29, 1.82) is 0 Å². The van der Waals surface area contributed by atoms with Crippen LogP contribution in [0.5, 0.6) is 0 Å². The molecule has 1 rings (SSSR count). The quantitative estimate of drug-likeness (QED) is 0.550. The number of alkyl halides is 3. The summed E-state index contributed by atoms with van der Waals surface area (Å²) in [5, 5.41) is -0.175. The Labute approximate surface area is 86.2 Å². The van der Waals surface area contributed by atoms with Gasteiger partial charge in [0.05, 0.1) is 4.90 Å². The molecular weight excluding hydrogens is 246 g/mol. The summed E-state index contributed by atoms with van der Waals surface area (Å²) in [5.41, 5.74) is -4.36. The van der Waals surface area contributed by atoms with Gasteiger partial charge >= 0.3 is 5.51 Å². The molecule has 13 heavy (non-hydrogen) atoms. The molecule has 1 nitrogen and oxygen atoms in total. The average Bonchev–Trinajstić information content (AvgIpc) is 1.93. The highest BCUT2D eigenvalue weighted by Crippen LogP contribution is 2.39. The molecule has 0 spiro atoms. The van der Waals surface area contributed by atoms with Gasteiger partial charge in [0.25, 0.3) is 0 Å². The molecule has 0 aliphatic rings. The molecule has 0 aliphatic heterocycles. The summed E-state index contributed by atoms with van der Waals surface area (Å²) < 4.78 is 35.6. The van der Waals surface area contributed by atoms with Crippen LogP contribution in [-0.4, -0.2) is 10.5 Å². The van der Waals surface area contributed by atoms with Crippen molar-refractivity contribution in [3.8, 4) is 0 Å².